The summed E-state index contributed by atoms with van der Waals surface area (Å²) in [5.74, 6) is -0.529. The molecule has 0 aliphatic rings. The molecular weight excluding hydrogens is 410 g/mol. The maximum atomic E-state index is 11.9. The molecule has 132 valence electrons. The van der Waals surface area contributed by atoms with Crippen molar-refractivity contribution in [1.29, 1.82) is 0 Å². The van der Waals surface area contributed by atoms with Crippen molar-refractivity contribution in [3.8, 4) is 0 Å². The molecule has 2 heterocycles. The second-order valence-corrected chi connectivity index (χ2v) is 13.8. The van der Waals surface area contributed by atoms with Gasteiger partial charge in [0.15, 0.2) is 14.6 Å². The van der Waals surface area contributed by atoms with Crippen LogP contribution in [-0.4, -0.2) is 32.1 Å². The molecule has 0 saturated heterocycles. The molecule has 2 rings (SSSR count). The fraction of sp³-hybridized carbons (Fsp3) is 0.500. The number of nitrogens with zero attached hydrogens (tertiary/aromatic N) is 1. The Hall–Kier alpha value is -0.963. The summed E-state index contributed by atoms with van der Waals surface area (Å²) in [7, 11) is -0.545. The van der Waals surface area contributed by atoms with Crippen molar-refractivity contribution in [2.24, 2.45) is 0 Å². The maximum absolute atomic E-state index is 11.9. The number of hydrogen-bond acceptors (Lipinski definition) is 5. The first kappa shape index (κ1) is 19.4. The van der Waals surface area contributed by atoms with Gasteiger partial charge < -0.3 is 9.16 Å². The SMILES string of the molecule is COC(=O)c1c(C=O)c2sc(CO[Si](C)(C)C(C)(C)C)cn2c1Br. The minimum absolute atomic E-state index is 0.138. The number of esters is 1. The van der Waals surface area contributed by atoms with Crippen LogP contribution in [0.3, 0.4) is 0 Å². The summed E-state index contributed by atoms with van der Waals surface area (Å²) >= 11 is 4.85. The molecule has 5 nitrogen and oxygen atoms in total. The summed E-state index contributed by atoms with van der Waals surface area (Å²) in [6.07, 6.45) is 2.60. The van der Waals surface area contributed by atoms with E-state index in [4.69, 9.17) is 9.16 Å². The van der Waals surface area contributed by atoms with Crippen LogP contribution < -0.4 is 0 Å². The lowest BCUT2D eigenvalue weighted by atomic mass is 10.2. The Morgan fingerprint density at radius 2 is 2.04 bits per heavy atom. The van der Waals surface area contributed by atoms with Crippen LogP contribution in [-0.2, 0) is 15.8 Å². The monoisotopic (exact) mass is 431 g/mol. The number of hydrogen-bond donors (Lipinski definition) is 0. The molecule has 0 aliphatic carbocycles. The molecule has 24 heavy (non-hydrogen) atoms. The number of carbonyl (C=O) groups excluding carboxylic acids is 2. The third-order valence-corrected chi connectivity index (χ3v) is 10.9. The highest BCUT2D eigenvalue weighted by molar-refractivity contribution is 9.10. The Labute approximate surface area is 155 Å². The largest absolute Gasteiger partial charge is 0.465 e. The maximum Gasteiger partial charge on any atom is 0.341 e. The summed E-state index contributed by atoms with van der Waals surface area (Å²) in [6, 6.07) is 0. The average molecular weight is 432 g/mol. The fourth-order valence-electron chi connectivity index (χ4n) is 2.01. The molecule has 0 unspecified atom stereocenters. The molecule has 2 aromatic rings. The third-order valence-electron chi connectivity index (χ3n) is 4.53. The van der Waals surface area contributed by atoms with Gasteiger partial charge in [0, 0.05) is 11.1 Å². The molecule has 0 N–H and O–H groups in total. The molecule has 0 bridgehead atoms. The average Bonchev–Trinajstić information content (AvgIpc) is 3.01. The number of methoxy groups -OCH3 is 1. The van der Waals surface area contributed by atoms with Gasteiger partial charge in [-0.25, -0.2) is 4.79 Å². The topological polar surface area (TPSA) is 57.0 Å². The lowest BCUT2D eigenvalue weighted by molar-refractivity contribution is 0.0597. The number of aldehydes is 1. The van der Waals surface area contributed by atoms with Crippen molar-refractivity contribution in [2.75, 3.05) is 7.11 Å². The first-order valence-electron chi connectivity index (χ1n) is 7.53. The van der Waals surface area contributed by atoms with Gasteiger partial charge in [0.2, 0.25) is 0 Å². The van der Waals surface area contributed by atoms with Gasteiger partial charge in [-0.2, -0.15) is 0 Å². The van der Waals surface area contributed by atoms with E-state index < -0.39 is 14.3 Å². The minimum Gasteiger partial charge on any atom is -0.465 e. The minimum atomic E-state index is -1.84. The number of rotatable bonds is 5. The van der Waals surface area contributed by atoms with Gasteiger partial charge in [0.05, 0.1) is 19.3 Å². The van der Waals surface area contributed by atoms with E-state index in [0.717, 1.165) is 4.88 Å². The van der Waals surface area contributed by atoms with Crippen LogP contribution in [0.4, 0.5) is 0 Å². The van der Waals surface area contributed by atoms with E-state index in [9.17, 15) is 9.59 Å². The summed E-state index contributed by atoms with van der Waals surface area (Å²) in [5.41, 5.74) is 0.605. The molecule has 8 heteroatoms. The van der Waals surface area contributed by atoms with Crippen LogP contribution in [0, 0.1) is 0 Å². The summed E-state index contributed by atoms with van der Waals surface area (Å²) < 4.78 is 13.3. The molecule has 2 aromatic heterocycles. The molecule has 0 spiro atoms. The zero-order chi connectivity index (χ0) is 18.3. The van der Waals surface area contributed by atoms with Gasteiger partial charge >= 0.3 is 5.97 Å². The zero-order valence-corrected chi connectivity index (χ0v) is 18.1. The van der Waals surface area contributed by atoms with E-state index in [1.807, 2.05) is 6.20 Å². The molecule has 0 fully saturated rings. The Kier molecular flexibility index (Phi) is 5.44. The van der Waals surface area contributed by atoms with E-state index in [1.54, 1.807) is 4.40 Å². The summed E-state index contributed by atoms with van der Waals surface area (Å²) in [6.45, 7) is 11.5. The summed E-state index contributed by atoms with van der Waals surface area (Å²) in [5, 5.41) is 0.138. The van der Waals surface area contributed by atoms with Crippen LogP contribution >= 0.6 is 27.3 Å². The Morgan fingerprint density at radius 1 is 1.42 bits per heavy atom. The van der Waals surface area contributed by atoms with Gasteiger partial charge in [0.25, 0.3) is 0 Å². The second kappa shape index (κ2) is 6.74. The zero-order valence-electron chi connectivity index (χ0n) is 14.7. The van der Waals surface area contributed by atoms with Crippen molar-refractivity contribution >= 4 is 52.7 Å². The molecular formula is C16H22BrNO4SSi. The van der Waals surface area contributed by atoms with Crippen molar-refractivity contribution < 1.29 is 18.8 Å². The highest BCUT2D eigenvalue weighted by Crippen LogP contribution is 2.38. The van der Waals surface area contributed by atoms with Crippen molar-refractivity contribution in [1.82, 2.24) is 4.40 Å². The molecule has 0 aromatic carbocycles. The number of carbonyl (C=O) groups is 2. The number of thiazole rings is 1. The van der Waals surface area contributed by atoms with Crippen molar-refractivity contribution in [3.05, 3.63) is 26.8 Å². The van der Waals surface area contributed by atoms with Gasteiger partial charge in [-0.05, 0) is 34.1 Å². The van der Waals surface area contributed by atoms with Crippen LogP contribution in [0.5, 0.6) is 0 Å². The highest BCUT2D eigenvalue weighted by atomic mass is 79.9. The van der Waals surface area contributed by atoms with Crippen LogP contribution in [0.25, 0.3) is 4.83 Å². The van der Waals surface area contributed by atoms with E-state index in [1.165, 1.54) is 18.4 Å². The van der Waals surface area contributed by atoms with E-state index >= 15 is 0 Å². The second-order valence-electron chi connectivity index (χ2n) is 7.11. The van der Waals surface area contributed by atoms with E-state index in [2.05, 4.69) is 49.8 Å². The van der Waals surface area contributed by atoms with Crippen LogP contribution in [0.15, 0.2) is 10.8 Å². The molecule has 0 aliphatic heterocycles. The summed E-state index contributed by atoms with van der Waals surface area (Å²) in [4.78, 5) is 25.1. The van der Waals surface area contributed by atoms with Crippen molar-refractivity contribution in [2.45, 2.75) is 45.5 Å². The smallest absolute Gasteiger partial charge is 0.341 e. The van der Waals surface area contributed by atoms with Crippen LogP contribution in [0.2, 0.25) is 18.1 Å². The van der Waals surface area contributed by atoms with E-state index in [-0.39, 0.29) is 10.6 Å². The molecule has 0 saturated carbocycles. The number of halogens is 1. The Balaban J connectivity index is 2.37. The first-order chi connectivity index (χ1) is 11.0. The number of ether oxygens (including phenoxy) is 1. The number of aromatic nitrogens is 1. The molecule has 0 amide bonds. The predicted molar refractivity (Wildman–Crippen MR) is 102 cm³/mol. The van der Waals surface area contributed by atoms with E-state index in [0.29, 0.717) is 27.9 Å². The fourth-order valence-corrected chi connectivity index (χ4v) is 4.87. The van der Waals surface area contributed by atoms with Gasteiger partial charge in [-0.3, -0.25) is 9.20 Å². The first-order valence-corrected chi connectivity index (χ1v) is 12.0. The predicted octanol–water partition coefficient (Wildman–Crippen LogP) is 4.88. The normalized spacial score (nSPS) is 12.6. The van der Waals surface area contributed by atoms with Gasteiger partial charge in [-0.15, -0.1) is 11.3 Å². The highest BCUT2D eigenvalue weighted by Gasteiger charge is 2.37. The quantitative estimate of drug-likeness (QED) is 0.384. The third kappa shape index (κ3) is 3.37. The lowest BCUT2D eigenvalue weighted by Crippen LogP contribution is -2.40. The molecule has 0 atom stereocenters. The Bertz CT molecular complexity index is 788. The van der Waals surface area contributed by atoms with Gasteiger partial charge in [0.1, 0.15) is 15.0 Å². The lowest BCUT2D eigenvalue weighted by Gasteiger charge is -2.35. The number of fused-ring (bicyclic) bond motifs is 1. The standard InChI is InChI=1S/C16H22BrNO4SSi/c1-16(2,3)24(5,6)22-9-10-7-18-13(17)12(15(20)21-4)11(8-19)14(18)23-10/h7-8H,9H2,1-6H3. The van der Waals surface area contributed by atoms with Gasteiger partial charge in [-0.1, -0.05) is 20.8 Å². The van der Waals surface area contributed by atoms with Crippen molar-refractivity contribution in [3.63, 3.8) is 0 Å². The van der Waals surface area contributed by atoms with Crippen LogP contribution in [0.1, 0.15) is 46.4 Å². The molecule has 0 radical (unpaired) electrons. The Morgan fingerprint density at radius 3 is 2.54 bits per heavy atom.